The van der Waals surface area contributed by atoms with Crippen LogP contribution in [0, 0.1) is 18.8 Å². The molecule has 4 rings (SSSR count). The molecule has 0 radical (unpaired) electrons. The van der Waals surface area contributed by atoms with Crippen molar-refractivity contribution in [3.63, 3.8) is 0 Å². The summed E-state index contributed by atoms with van der Waals surface area (Å²) in [6, 6.07) is 6.25. The first-order valence-corrected chi connectivity index (χ1v) is 11.0. The van der Waals surface area contributed by atoms with Crippen LogP contribution in [0.1, 0.15) is 49.4 Å². The molecule has 3 atom stereocenters. The first-order valence-electron chi connectivity index (χ1n) is 10.1. The van der Waals surface area contributed by atoms with Crippen molar-refractivity contribution >= 4 is 17.2 Å². The van der Waals surface area contributed by atoms with Crippen molar-refractivity contribution < 1.29 is 14.3 Å². The van der Waals surface area contributed by atoms with Crippen LogP contribution in [-0.2, 0) is 17.8 Å². The number of benzene rings is 1. The van der Waals surface area contributed by atoms with E-state index in [0.29, 0.717) is 24.8 Å². The Morgan fingerprint density at radius 1 is 1.25 bits per heavy atom. The summed E-state index contributed by atoms with van der Waals surface area (Å²) in [5, 5.41) is 3.00. The third kappa shape index (κ3) is 4.02. The van der Waals surface area contributed by atoms with E-state index in [1.165, 1.54) is 12.8 Å². The Balaban J connectivity index is 1.58. The first-order chi connectivity index (χ1) is 13.5. The molecule has 1 amide bonds. The van der Waals surface area contributed by atoms with Gasteiger partial charge in [0.25, 0.3) is 0 Å². The van der Waals surface area contributed by atoms with Gasteiger partial charge >= 0.3 is 0 Å². The van der Waals surface area contributed by atoms with Crippen molar-refractivity contribution in [2.24, 2.45) is 11.8 Å². The predicted octanol–water partition coefficient (Wildman–Crippen LogP) is 4.58. The molecule has 6 heteroatoms. The van der Waals surface area contributed by atoms with Crippen LogP contribution in [0.2, 0.25) is 0 Å². The lowest BCUT2D eigenvalue weighted by Crippen LogP contribution is -2.47. The molecule has 3 unspecified atom stereocenters. The average Bonchev–Trinajstić information content (AvgIpc) is 3.30. The fourth-order valence-corrected chi connectivity index (χ4v) is 4.98. The minimum absolute atomic E-state index is 0.161. The molecular weight excluding hydrogens is 372 g/mol. The highest BCUT2D eigenvalue weighted by molar-refractivity contribution is 7.09. The van der Waals surface area contributed by atoms with Gasteiger partial charge in [-0.1, -0.05) is 32.8 Å². The maximum absolute atomic E-state index is 13.3. The number of fused-ring (bicyclic) bond motifs is 1. The van der Waals surface area contributed by atoms with Gasteiger partial charge in [-0.15, -0.1) is 11.3 Å². The number of rotatable bonds is 5. The smallest absolute Gasteiger partial charge is 0.231 e. The summed E-state index contributed by atoms with van der Waals surface area (Å²) in [5.74, 6) is 2.83. The maximum atomic E-state index is 13.3. The zero-order valence-corrected chi connectivity index (χ0v) is 17.6. The van der Waals surface area contributed by atoms with E-state index in [1.54, 1.807) is 11.3 Å². The van der Waals surface area contributed by atoms with Crippen LogP contribution in [0.5, 0.6) is 11.5 Å². The molecule has 1 fully saturated rings. The molecule has 0 spiro atoms. The number of carbonyl (C=O) groups excluding carboxylic acids is 1. The number of amides is 1. The molecule has 5 nitrogen and oxygen atoms in total. The number of hydrogen-bond donors (Lipinski definition) is 0. The van der Waals surface area contributed by atoms with E-state index in [9.17, 15) is 4.79 Å². The van der Waals surface area contributed by atoms with Gasteiger partial charge in [0.2, 0.25) is 12.7 Å². The van der Waals surface area contributed by atoms with E-state index in [2.05, 4.69) is 23.7 Å². The molecule has 1 aliphatic heterocycles. The highest BCUT2D eigenvalue weighted by atomic mass is 32.1. The summed E-state index contributed by atoms with van der Waals surface area (Å²) in [7, 11) is 0. The van der Waals surface area contributed by atoms with Gasteiger partial charge in [0, 0.05) is 18.0 Å². The summed E-state index contributed by atoms with van der Waals surface area (Å²) in [6.07, 6.45) is 3.86. The Kier molecular flexibility index (Phi) is 5.58. The van der Waals surface area contributed by atoms with E-state index in [4.69, 9.17) is 9.47 Å². The van der Waals surface area contributed by atoms with Crippen molar-refractivity contribution in [3.8, 4) is 11.5 Å². The van der Waals surface area contributed by atoms with Crippen LogP contribution in [0.4, 0.5) is 0 Å². The van der Waals surface area contributed by atoms with Gasteiger partial charge in [-0.3, -0.25) is 4.79 Å². The highest BCUT2D eigenvalue weighted by Crippen LogP contribution is 2.36. The third-order valence-corrected chi connectivity index (χ3v) is 7.00. The second kappa shape index (κ2) is 8.11. The summed E-state index contributed by atoms with van der Waals surface area (Å²) in [5.41, 5.74) is 1.96. The number of aromatic nitrogens is 1. The topological polar surface area (TPSA) is 51.7 Å². The molecule has 28 heavy (non-hydrogen) atoms. The predicted molar refractivity (Wildman–Crippen MR) is 110 cm³/mol. The van der Waals surface area contributed by atoms with Crippen molar-refractivity contribution in [1.29, 1.82) is 0 Å². The largest absolute Gasteiger partial charge is 0.454 e. The minimum atomic E-state index is 0.161. The lowest BCUT2D eigenvalue weighted by molar-refractivity contribution is -0.136. The number of aryl methyl sites for hydroxylation is 1. The number of hydrogen-bond acceptors (Lipinski definition) is 5. The van der Waals surface area contributed by atoms with Crippen LogP contribution in [0.15, 0.2) is 23.6 Å². The average molecular weight is 401 g/mol. The summed E-state index contributed by atoms with van der Waals surface area (Å²) in [4.78, 5) is 19.9. The number of nitrogens with zero attached hydrogens (tertiary/aromatic N) is 2. The van der Waals surface area contributed by atoms with Gasteiger partial charge in [-0.25, -0.2) is 4.98 Å². The molecule has 2 aromatic rings. The molecule has 150 valence electrons. The normalized spacial score (nSPS) is 23.6. The van der Waals surface area contributed by atoms with Gasteiger partial charge in [0.05, 0.1) is 17.1 Å². The van der Waals surface area contributed by atoms with Crippen LogP contribution in [-0.4, -0.2) is 28.6 Å². The van der Waals surface area contributed by atoms with Crippen molar-refractivity contribution in [1.82, 2.24) is 9.88 Å². The number of ether oxygens (including phenoxy) is 2. The number of thiazole rings is 1. The van der Waals surface area contributed by atoms with Gasteiger partial charge in [0.15, 0.2) is 11.5 Å². The van der Waals surface area contributed by atoms with Crippen LogP contribution >= 0.6 is 11.3 Å². The molecule has 2 aliphatic rings. The van der Waals surface area contributed by atoms with E-state index in [-0.39, 0.29) is 18.7 Å². The van der Waals surface area contributed by atoms with E-state index in [1.807, 2.05) is 30.5 Å². The Morgan fingerprint density at radius 3 is 2.86 bits per heavy atom. The SMILES string of the molecule is Cc1nc(CC(=O)N(Cc2ccc3c(c2)OCO3)C2CCCC(C)C2C)cs1. The molecule has 0 N–H and O–H groups in total. The van der Waals surface area contributed by atoms with Gasteiger partial charge < -0.3 is 14.4 Å². The van der Waals surface area contributed by atoms with Gasteiger partial charge in [-0.05, 0) is 42.9 Å². The van der Waals surface area contributed by atoms with Crippen molar-refractivity contribution in [2.75, 3.05) is 6.79 Å². The van der Waals surface area contributed by atoms with Gasteiger partial charge in [-0.2, -0.15) is 0 Å². The lowest BCUT2D eigenvalue weighted by atomic mass is 9.77. The fraction of sp³-hybridized carbons (Fsp3) is 0.545. The van der Waals surface area contributed by atoms with Gasteiger partial charge in [0.1, 0.15) is 0 Å². The van der Waals surface area contributed by atoms with E-state index >= 15 is 0 Å². The molecule has 2 heterocycles. The Labute approximate surface area is 170 Å². The molecule has 1 aliphatic carbocycles. The van der Waals surface area contributed by atoms with E-state index in [0.717, 1.165) is 34.2 Å². The third-order valence-electron chi connectivity index (χ3n) is 6.17. The molecular formula is C22H28N2O3S. The van der Waals surface area contributed by atoms with Crippen molar-refractivity contribution in [3.05, 3.63) is 39.8 Å². The molecule has 1 aromatic carbocycles. The molecule has 0 saturated heterocycles. The zero-order chi connectivity index (χ0) is 19.7. The second-order valence-electron chi connectivity index (χ2n) is 8.08. The molecule has 1 saturated carbocycles. The molecule has 1 aromatic heterocycles. The van der Waals surface area contributed by atoms with Crippen LogP contribution < -0.4 is 9.47 Å². The monoisotopic (exact) mass is 400 g/mol. The fourth-order valence-electron chi connectivity index (χ4n) is 4.37. The Morgan fingerprint density at radius 2 is 2.07 bits per heavy atom. The quantitative estimate of drug-likeness (QED) is 0.737. The van der Waals surface area contributed by atoms with Crippen LogP contribution in [0.3, 0.4) is 0 Å². The number of carbonyl (C=O) groups is 1. The zero-order valence-electron chi connectivity index (χ0n) is 16.8. The standard InChI is InChI=1S/C22H28N2O3S/c1-14-5-4-6-19(15(14)2)24(22(25)10-18-12-28-16(3)23-18)11-17-7-8-20-21(9-17)27-13-26-20/h7-9,12,14-15,19H,4-6,10-11,13H2,1-3H3. The Bertz CT molecular complexity index is 850. The summed E-state index contributed by atoms with van der Waals surface area (Å²) >= 11 is 1.60. The lowest BCUT2D eigenvalue weighted by Gasteiger charge is -2.41. The van der Waals surface area contributed by atoms with Crippen molar-refractivity contribution in [2.45, 2.75) is 59.0 Å². The Hall–Kier alpha value is -2.08. The van der Waals surface area contributed by atoms with E-state index < -0.39 is 0 Å². The highest BCUT2D eigenvalue weighted by Gasteiger charge is 2.34. The van der Waals surface area contributed by atoms with Crippen LogP contribution in [0.25, 0.3) is 0 Å². The molecule has 0 bridgehead atoms. The second-order valence-corrected chi connectivity index (χ2v) is 9.14. The first kappa shape index (κ1) is 19.2. The minimum Gasteiger partial charge on any atom is -0.454 e. The summed E-state index contributed by atoms with van der Waals surface area (Å²) < 4.78 is 11.0. The summed E-state index contributed by atoms with van der Waals surface area (Å²) in [6.45, 7) is 7.45. The maximum Gasteiger partial charge on any atom is 0.231 e.